The monoisotopic (exact) mass is 287 g/mol. The summed E-state index contributed by atoms with van der Waals surface area (Å²) < 4.78 is 5.38. The van der Waals surface area contributed by atoms with Crippen LogP contribution in [0, 0.1) is 0 Å². The summed E-state index contributed by atoms with van der Waals surface area (Å²) in [5.74, 6) is -0.744. The van der Waals surface area contributed by atoms with Gasteiger partial charge in [0.15, 0.2) is 0 Å². The second-order valence-electron chi connectivity index (χ2n) is 4.62. The molecule has 0 saturated heterocycles. The maximum atomic E-state index is 11.4. The Morgan fingerprint density at radius 2 is 2.19 bits per heavy atom. The van der Waals surface area contributed by atoms with Gasteiger partial charge in [0.05, 0.1) is 6.21 Å². The van der Waals surface area contributed by atoms with Crippen molar-refractivity contribution in [3.63, 3.8) is 0 Å². The summed E-state index contributed by atoms with van der Waals surface area (Å²) >= 11 is 0. The van der Waals surface area contributed by atoms with Gasteiger partial charge >= 0.3 is 11.8 Å². The summed E-state index contributed by atoms with van der Waals surface area (Å²) in [6, 6.07) is 7.33. The number of hydrazone groups is 1. The van der Waals surface area contributed by atoms with Gasteiger partial charge in [-0.25, -0.2) is 5.43 Å². The van der Waals surface area contributed by atoms with Crippen molar-refractivity contribution in [3.05, 3.63) is 42.5 Å². The predicted molar refractivity (Wildman–Crippen MR) is 79.0 cm³/mol. The summed E-state index contributed by atoms with van der Waals surface area (Å²) in [7, 11) is 0. The highest BCUT2D eigenvalue weighted by molar-refractivity contribution is 6.35. The van der Waals surface area contributed by atoms with Crippen LogP contribution >= 0.6 is 0 Å². The quantitative estimate of drug-likeness (QED) is 0.354. The summed E-state index contributed by atoms with van der Waals surface area (Å²) in [4.78, 5) is 22.8. The van der Waals surface area contributed by atoms with E-state index in [9.17, 15) is 9.59 Å². The topological polar surface area (TPSA) is 79.8 Å². The molecule has 1 fully saturated rings. The van der Waals surface area contributed by atoms with E-state index in [4.69, 9.17) is 4.74 Å². The molecule has 0 atom stereocenters. The molecule has 1 aromatic rings. The number of carbonyl (C=O) groups excluding carboxylic acids is 2. The minimum absolute atomic E-state index is 0.144. The van der Waals surface area contributed by atoms with E-state index in [1.165, 1.54) is 6.21 Å². The third-order valence-electron chi connectivity index (χ3n) is 2.72. The molecule has 0 bridgehead atoms. The molecule has 2 amide bonds. The molecule has 1 aliphatic rings. The summed E-state index contributed by atoms with van der Waals surface area (Å²) in [5.41, 5.74) is 2.94. The van der Waals surface area contributed by atoms with Crippen molar-refractivity contribution in [2.75, 3.05) is 6.61 Å². The number of benzene rings is 1. The average molecular weight is 287 g/mol. The third kappa shape index (κ3) is 5.10. The van der Waals surface area contributed by atoms with Gasteiger partial charge in [0.25, 0.3) is 0 Å². The predicted octanol–water partition coefficient (Wildman–Crippen LogP) is 0.980. The van der Waals surface area contributed by atoms with Crippen LogP contribution in [0.15, 0.2) is 42.0 Å². The van der Waals surface area contributed by atoms with Crippen molar-refractivity contribution in [2.45, 2.75) is 18.9 Å². The van der Waals surface area contributed by atoms with Crippen LogP contribution in [0.25, 0.3) is 0 Å². The van der Waals surface area contributed by atoms with Crippen molar-refractivity contribution in [1.29, 1.82) is 0 Å². The maximum absolute atomic E-state index is 11.4. The van der Waals surface area contributed by atoms with E-state index >= 15 is 0 Å². The highest BCUT2D eigenvalue weighted by atomic mass is 16.5. The van der Waals surface area contributed by atoms with E-state index in [0.29, 0.717) is 12.4 Å². The Hall–Kier alpha value is -2.63. The Morgan fingerprint density at radius 3 is 2.90 bits per heavy atom. The van der Waals surface area contributed by atoms with Crippen LogP contribution in [-0.2, 0) is 9.59 Å². The molecule has 2 rings (SSSR count). The van der Waals surface area contributed by atoms with Crippen molar-refractivity contribution < 1.29 is 14.3 Å². The van der Waals surface area contributed by atoms with E-state index < -0.39 is 11.8 Å². The van der Waals surface area contributed by atoms with Gasteiger partial charge in [-0.3, -0.25) is 9.59 Å². The van der Waals surface area contributed by atoms with E-state index in [-0.39, 0.29) is 6.04 Å². The van der Waals surface area contributed by atoms with Gasteiger partial charge < -0.3 is 10.1 Å². The minimum atomic E-state index is -0.766. The largest absolute Gasteiger partial charge is 0.490 e. The standard InChI is InChI=1S/C15H17N3O3/c1-2-8-21-13-5-3-4-11(9-13)10-16-18-15(20)14(19)17-12-6-7-12/h2-5,9-10,12H,1,6-8H2,(H,17,19)(H,18,20)/b16-10-. The zero-order valence-corrected chi connectivity index (χ0v) is 11.5. The zero-order valence-electron chi connectivity index (χ0n) is 11.5. The van der Waals surface area contributed by atoms with Crippen molar-refractivity contribution in [2.24, 2.45) is 5.10 Å². The highest BCUT2D eigenvalue weighted by Crippen LogP contribution is 2.18. The Kier molecular flexibility index (Phi) is 5.09. The smallest absolute Gasteiger partial charge is 0.329 e. The van der Waals surface area contributed by atoms with Crippen LogP contribution in [0.5, 0.6) is 5.75 Å². The average Bonchev–Trinajstić information content (AvgIpc) is 3.29. The van der Waals surface area contributed by atoms with E-state index in [1.807, 2.05) is 6.07 Å². The normalized spacial score (nSPS) is 13.7. The van der Waals surface area contributed by atoms with Crippen LogP contribution < -0.4 is 15.5 Å². The number of hydrogen-bond acceptors (Lipinski definition) is 4. The molecule has 0 unspecified atom stereocenters. The Balaban J connectivity index is 1.83. The highest BCUT2D eigenvalue weighted by Gasteiger charge is 2.26. The van der Waals surface area contributed by atoms with Gasteiger partial charge in [0.1, 0.15) is 12.4 Å². The Morgan fingerprint density at radius 1 is 1.38 bits per heavy atom. The fourth-order valence-corrected chi connectivity index (χ4v) is 1.53. The molecule has 6 nitrogen and oxygen atoms in total. The molecule has 0 aromatic heterocycles. The molecule has 1 aliphatic carbocycles. The molecule has 21 heavy (non-hydrogen) atoms. The van der Waals surface area contributed by atoms with Gasteiger partial charge in [0.2, 0.25) is 0 Å². The van der Waals surface area contributed by atoms with Crippen molar-refractivity contribution >= 4 is 18.0 Å². The molecule has 1 saturated carbocycles. The minimum Gasteiger partial charge on any atom is -0.490 e. The maximum Gasteiger partial charge on any atom is 0.329 e. The van der Waals surface area contributed by atoms with Crippen LogP contribution in [-0.4, -0.2) is 30.7 Å². The molecular formula is C15H17N3O3. The number of carbonyl (C=O) groups is 2. The molecule has 6 heteroatoms. The lowest BCUT2D eigenvalue weighted by atomic mass is 10.2. The molecule has 2 N–H and O–H groups in total. The number of rotatable bonds is 6. The number of ether oxygens (including phenoxy) is 1. The van der Waals surface area contributed by atoms with Gasteiger partial charge in [-0.15, -0.1) is 0 Å². The molecule has 0 heterocycles. The number of amides is 2. The molecule has 1 aromatic carbocycles. The first-order chi connectivity index (χ1) is 10.2. The van der Waals surface area contributed by atoms with Gasteiger partial charge in [0, 0.05) is 6.04 Å². The lowest BCUT2D eigenvalue weighted by molar-refractivity contribution is -0.139. The lowest BCUT2D eigenvalue weighted by Crippen LogP contribution is -2.38. The van der Waals surface area contributed by atoms with E-state index in [2.05, 4.69) is 22.4 Å². The SMILES string of the molecule is C=CCOc1cccc(/C=N\NC(=O)C(=O)NC2CC2)c1. The first kappa shape index (κ1) is 14.8. The summed E-state index contributed by atoms with van der Waals surface area (Å²) in [6.45, 7) is 3.99. The molecule has 0 spiro atoms. The van der Waals surface area contributed by atoms with Crippen LogP contribution in [0.4, 0.5) is 0 Å². The molecule has 110 valence electrons. The first-order valence-electron chi connectivity index (χ1n) is 6.66. The number of nitrogens with one attached hydrogen (secondary N) is 2. The van der Waals surface area contributed by atoms with Gasteiger partial charge in [-0.05, 0) is 30.5 Å². The fraction of sp³-hybridized carbons (Fsp3) is 0.267. The van der Waals surface area contributed by atoms with E-state index in [1.54, 1.807) is 24.3 Å². The zero-order chi connectivity index (χ0) is 15.1. The summed E-state index contributed by atoms with van der Waals surface area (Å²) in [5, 5.41) is 6.33. The van der Waals surface area contributed by atoms with Gasteiger partial charge in [-0.1, -0.05) is 24.8 Å². The van der Waals surface area contributed by atoms with Crippen LogP contribution in [0.1, 0.15) is 18.4 Å². The second-order valence-corrected chi connectivity index (χ2v) is 4.62. The van der Waals surface area contributed by atoms with E-state index in [0.717, 1.165) is 18.4 Å². The molecule has 0 radical (unpaired) electrons. The molecule has 0 aliphatic heterocycles. The fourth-order valence-electron chi connectivity index (χ4n) is 1.53. The first-order valence-corrected chi connectivity index (χ1v) is 6.66. The molecular weight excluding hydrogens is 270 g/mol. The lowest BCUT2D eigenvalue weighted by Gasteiger charge is -2.03. The summed E-state index contributed by atoms with van der Waals surface area (Å²) in [6.07, 6.45) is 4.96. The van der Waals surface area contributed by atoms with Gasteiger partial charge in [-0.2, -0.15) is 5.10 Å². The van der Waals surface area contributed by atoms with Crippen molar-refractivity contribution in [1.82, 2.24) is 10.7 Å². The van der Waals surface area contributed by atoms with Crippen molar-refractivity contribution in [3.8, 4) is 5.75 Å². The van der Waals surface area contributed by atoms with Crippen LogP contribution in [0.2, 0.25) is 0 Å². The Labute approximate surface area is 122 Å². The third-order valence-corrected chi connectivity index (χ3v) is 2.72. The second kappa shape index (κ2) is 7.23. The number of nitrogens with zero attached hydrogens (tertiary/aromatic N) is 1. The Bertz CT molecular complexity index is 565. The van der Waals surface area contributed by atoms with Crippen LogP contribution in [0.3, 0.4) is 0 Å². The number of hydrogen-bond donors (Lipinski definition) is 2.